The number of amides is 1. The van der Waals surface area contributed by atoms with Crippen LogP contribution in [0.1, 0.15) is 24.8 Å². The van der Waals surface area contributed by atoms with Gasteiger partial charge in [-0.15, -0.1) is 0 Å². The fourth-order valence-electron chi connectivity index (χ4n) is 3.57. The molecule has 0 spiro atoms. The summed E-state index contributed by atoms with van der Waals surface area (Å²) in [6.07, 6.45) is -1.79. The third-order valence-corrected chi connectivity index (χ3v) is 5.19. The summed E-state index contributed by atoms with van der Waals surface area (Å²) in [6.45, 7) is 3.60. The first kappa shape index (κ1) is 22.7. The highest BCUT2D eigenvalue weighted by atomic mass is 19.4. The van der Waals surface area contributed by atoms with Gasteiger partial charge in [0, 0.05) is 52.2 Å². The molecule has 1 aromatic carbocycles. The monoisotopic (exact) mass is 430 g/mol. The molecule has 6 nitrogen and oxygen atoms in total. The molecular formula is C21H29F3N2O4. The van der Waals surface area contributed by atoms with Crippen LogP contribution in [0.5, 0.6) is 11.5 Å². The molecule has 2 aliphatic heterocycles. The lowest BCUT2D eigenvalue weighted by molar-refractivity contribution is -0.174. The Bertz CT molecular complexity index is 691. The van der Waals surface area contributed by atoms with E-state index in [4.69, 9.17) is 9.47 Å². The fraction of sp³-hybridized carbons (Fsp3) is 0.667. The molecule has 2 heterocycles. The summed E-state index contributed by atoms with van der Waals surface area (Å²) in [7, 11) is 0. The van der Waals surface area contributed by atoms with Crippen molar-refractivity contribution in [2.75, 3.05) is 59.2 Å². The molecule has 1 amide bonds. The van der Waals surface area contributed by atoms with Crippen molar-refractivity contribution in [1.29, 1.82) is 0 Å². The number of carbonyl (C=O) groups is 1. The quantitative estimate of drug-likeness (QED) is 0.594. The van der Waals surface area contributed by atoms with Gasteiger partial charge < -0.3 is 19.1 Å². The standard InChI is InChI=1S/C21H29F3N2O4/c22-21(23,24)16-28-12-1-7-25-8-10-26(11-9-25)20(27)6-4-17-3-5-18-19(15-17)30-14-2-13-29-18/h3,5,15H,1-2,4,6-14,16H2. The van der Waals surface area contributed by atoms with Gasteiger partial charge in [0.05, 0.1) is 13.2 Å². The molecule has 0 aromatic heterocycles. The van der Waals surface area contributed by atoms with Crippen LogP contribution in [-0.2, 0) is 16.0 Å². The molecule has 0 saturated carbocycles. The van der Waals surface area contributed by atoms with Crippen LogP contribution in [0.2, 0.25) is 0 Å². The molecule has 30 heavy (non-hydrogen) atoms. The average molecular weight is 430 g/mol. The molecule has 0 atom stereocenters. The van der Waals surface area contributed by atoms with Gasteiger partial charge in [0.2, 0.25) is 5.91 Å². The predicted octanol–water partition coefficient (Wildman–Crippen LogP) is 2.89. The van der Waals surface area contributed by atoms with Gasteiger partial charge in [-0.25, -0.2) is 0 Å². The molecule has 1 fully saturated rings. The van der Waals surface area contributed by atoms with E-state index in [9.17, 15) is 18.0 Å². The fourth-order valence-corrected chi connectivity index (χ4v) is 3.57. The Morgan fingerprint density at radius 2 is 1.80 bits per heavy atom. The molecule has 0 bridgehead atoms. The maximum Gasteiger partial charge on any atom is 0.411 e. The first-order chi connectivity index (χ1) is 14.4. The summed E-state index contributed by atoms with van der Waals surface area (Å²) < 4.78 is 52.1. The molecule has 1 saturated heterocycles. The summed E-state index contributed by atoms with van der Waals surface area (Å²) in [5.74, 6) is 1.61. The van der Waals surface area contributed by atoms with Crippen LogP contribution in [-0.4, -0.2) is 81.0 Å². The van der Waals surface area contributed by atoms with E-state index in [2.05, 4.69) is 9.64 Å². The van der Waals surface area contributed by atoms with Gasteiger partial charge in [-0.2, -0.15) is 13.2 Å². The molecule has 168 valence electrons. The van der Waals surface area contributed by atoms with Gasteiger partial charge in [0.1, 0.15) is 6.61 Å². The van der Waals surface area contributed by atoms with E-state index in [1.807, 2.05) is 23.1 Å². The van der Waals surface area contributed by atoms with Gasteiger partial charge >= 0.3 is 6.18 Å². The summed E-state index contributed by atoms with van der Waals surface area (Å²) in [5, 5.41) is 0. The normalized spacial score (nSPS) is 17.6. The lowest BCUT2D eigenvalue weighted by Crippen LogP contribution is -2.49. The van der Waals surface area contributed by atoms with Gasteiger partial charge in [-0.1, -0.05) is 6.07 Å². The lowest BCUT2D eigenvalue weighted by Gasteiger charge is -2.34. The first-order valence-corrected chi connectivity index (χ1v) is 10.4. The van der Waals surface area contributed by atoms with E-state index in [0.717, 1.165) is 36.6 Å². The number of fused-ring (bicyclic) bond motifs is 1. The van der Waals surface area contributed by atoms with Gasteiger partial charge in [-0.3, -0.25) is 9.69 Å². The number of alkyl halides is 3. The zero-order valence-corrected chi connectivity index (χ0v) is 17.1. The highest BCUT2D eigenvalue weighted by Crippen LogP contribution is 2.30. The van der Waals surface area contributed by atoms with Crippen molar-refractivity contribution in [1.82, 2.24) is 9.80 Å². The van der Waals surface area contributed by atoms with Gasteiger partial charge in [0.25, 0.3) is 0 Å². The minimum Gasteiger partial charge on any atom is -0.490 e. The van der Waals surface area contributed by atoms with Crippen molar-refractivity contribution in [3.8, 4) is 11.5 Å². The lowest BCUT2D eigenvalue weighted by atomic mass is 10.1. The molecule has 0 aliphatic carbocycles. The number of ether oxygens (including phenoxy) is 3. The number of nitrogens with zero attached hydrogens (tertiary/aromatic N) is 2. The smallest absolute Gasteiger partial charge is 0.411 e. The second-order valence-corrected chi connectivity index (χ2v) is 7.58. The van der Waals surface area contributed by atoms with Gasteiger partial charge in [0.15, 0.2) is 11.5 Å². The van der Waals surface area contributed by atoms with Crippen LogP contribution in [0.3, 0.4) is 0 Å². The molecule has 1 aromatic rings. The number of hydrogen-bond donors (Lipinski definition) is 0. The van der Waals surface area contributed by atoms with Crippen LogP contribution in [0.15, 0.2) is 18.2 Å². The van der Waals surface area contributed by atoms with E-state index in [1.165, 1.54) is 0 Å². The maximum atomic E-state index is 12.5. The van der Waals surface area contributed by atoms with Crippen molar-refractivity contribution in [2.45, 2.75) is 31.9 Å². The molecule has 2 aliphatic rings. The van der Waals surface area contributed by atoms with E-state index in [0.29, 0.717) is 52.1 Å². The number of piperazine rings is 1. The Balaban J connectivity index is 1.33. The average Bonchev–Trinajstić information content (AvgIpc) is 2.96. The maximum absolute atomic E-state index is 12.5. The minimum absolute atomic E-state index is 0.0915. The van der Waals surface area contributed by atoms with E-state index in [-0.39, 0.29) is 12.5 Å². The Morgan fingerprint density at radius 1 is 1.07 bits per heavy atom. The third-order valence-electron chi connectivity index (χ3n) is 5.19. The zero-order chi connectivity index (χ0) is 21.4. The Morgan fingerprint density at radius 3 is 2.53 bits per heavy atom. The van der Waals surface area contributed by atoms with Crippen LogP contribution < -0.4 is 9.47 Å². The highest BCUT2D eigenvalue weighted by molar-refractivity contribution is 5.76. The molecule has 0 radical (unpaired) electrons. The van der Waals surface area contributed by atoms with E-state index < -0.39 is 12.8 Å². The number of halogens is 3. The Labute approximate surface area is 174 Å². The Hall–Kier alpha value is -2.00. The van der Waals surface area contributed by atoms with Crippen LogP contribution >= 0.6 is 0 Å². The molecule has 0 N–H and O–H groups in total. The van der Waals surface area contributed by atoms with Crippen molar-refractivity contribution in [2.24, 2.45) is 0 Å². The van der Waals surface area contributed by atoms with Gasteiger partial charge in [-0.05, 0) is 30.5 Å². The van der Waals surface area contributed by atoms with Crippen molar-refractivity contribution >= 4 is 5.91 Å². The highest BCUT2D eigenvalue weighted by Gasteiger charge is 2.27. The summed E-state index contributed by atoms with van der Waals surface area (Å²) in [4.78, 5) is 16.6. The molecule has 9 heteroatoms. The van der Waals surface area contributed by atoms with Crippen molar-refractivity contribution in [3.63, 3.8) is 0 Å². The number of rotatable bonds is 8. The number of hydrogen-bond acceptors (Lipinski definition) is 5. The van der Waals surface area contributed by atoms with Crippen molar-refractivity contribution < 1.29 is 32.2 Å². The summed E-state index contributed by atoms with van der Waals surface area (Å²) in [6, 6.07) is 5.82. The second kappa shape index (κ2) is 10.9. The summed E-state index contributed by atoms with van der Waals surface area (Å²) in [5.41, 5.74) is 1.05. The van der Waals surface area contributed by atoms with Crippen LogP contribution in [0.4, 0.5) is 13.2 Å². The minimum atomic E-state index is -4.27. The third kappa shape index (κ3) is 7.36. The molecule has 0 unspecified atom stereocenters. The Kier molecular flexibility index (Phi) is 8.21. The molecule has 3 rings (SSSR count). The van der Waals surface area contributed by atoms with Crippen LogP contribution in [0, 0.1) is 0 Å². The first-order valence-electron chi connectivity index (χ1n) is 10.4. The number of aryl methyl sites for hydroxylation is 1. The van der Waals surface area contributed by atoms with Crippen molar-refractivity contribution in [3.05, 3.63) is 23.8 Å². The predicted molar refractivity (Wildman–Crippen MR) is 105 cm³/mol. The number of carbonyl (C=O) groups excluding carboxylic acids is 1. The number of benzene rings is 1. The largest absolute Gasteiger partial charge is 0.490 e. The van der Waals surface area contributed by atoms with E-state index >= 15 is 0 Å². The SMILES string of the molecule is O=C(CCc1ccc2c(c1)OCCCO2)N1CCN(CCCOCC(F)(F)F)CC1. The van der Waals surface area contributed by atoms with Crippen LogP contribution in [0.25, 0.3) is 0 Å². The topological polar surface area (TPSA) is 51.2 Å². The second-order valence-electron chi connectivity index (χ2n) is 7.58. The zero-order valence-electron chi connectivity index (χ0n) is 17.1. The van der Waals surface area contributed by atoms with E-state index in [1.54, 1.807) is 0 Å². The summed E-state index contributed by atoms with van der Waals surface area (Å²) >= 11 is 0. The molecular weight excluding hydrogens is 401 g/mol.